The van der Waals surface area contributed by atoms with Gasteiger partial charge in [-0.15, -0.1) is 0 Å². The Morgan fingerprint density at radius 2 is 1.80 bits per heavy atom. The first kappa shape index (κ1) is 11.2. The van der Waals surface area contributed by atoms with E-state index in [-0.39, 0.29) is 5.41 Å². The van der Waals surface area contributed by atoms with Crippen LogP contribution in [0.25, 0.3) is 0 Å². The average molecular weight is 210 g/mol. The number of halogens is 1. The zero-order chi connectivity index (χ0) is 11.4. The van der Waals surface area contributed by atoms with E-state index >= 15 is 0 Å². The molecule has 2 aliphatic rings. The van der Waals surface area contributed by atoms with Crippen LogP contribution in [0.15, 0.2) is 11.6 Å². The van der Waals surface area contributed by atoms with Crippen molar-refractivity contribution < 1.29 is 4.39 Å². The third kappa shape index (κ3) is 1.38. The van der Waals surface area contributed by atoms with Gasteiger partial charge in [-0.25, -0.2) is 4.39 Å². The first-order valence-corrected chi connectivity index (χ1v) is 6.23. The fraction of sp³-hybridized carbons (Fsp3) is 0.857. The highest BCUT2D eigenvalue weighted by Gasteiger charge is 2.60. The normalized spacial score (nSPS) is 42.5. The maximum Gasteiger partial charge on any atom is 0.135 e. The van der Waals surface area contributed by atoms with Gasteiger partial charge in [0.2, 0.25) is 0 Å². The van der Waals surface area contributed by atoms with Gasteiger partial charge in [0.1, 0.15) is 5.67 Å². The number of allylic oxidation sites excluding steroid dienone is 2. The summed E-state index contributed by atoms with van der Waals surface area (Å²) < 4.78 is 14.4. The van der Waals surface area contributed by atoms with Crippen molar-refractivity contribution in [3.63, 3.8) is 0 Å². The van der Waals surface area contributed by atoms with Crippen LogP contribution in [0.4, 0.5) is 4.39 Å². The standard InChI is InChI=1S/C14H23F/c1-9(2)10(3)14(5)12(11-6-7-11)8-13(14,4)15/h8-11H,6-7H2,1-5H3/t10-,13?,14-/m1/s1. The van der Waals surface area contributed by atoms with E-state index in [9.17, 15) is 4.39 Å². The van der Waals surface area contributed by atoms with Gasteiger partial charge in [-0.05, 0) is 43.6 Å². The van der Waals surface area contributed by atoms with Crippen LogP contribution in [-0.2, 0) is 0 Å². The quantitative estimate of drug-likeness (QED) is 0.607. The maximum atomic E-state index is 14.4. The molecule has 2 rings (SSSR count). The Morgan fingerprint density at radius 1 is 1.27 bits per heavy atom. The van der Waals surface area contributed by atoms with Gasteiger partial charge in [-0.3, -0.25) is 0 Å². The summed E-state index contributed by atoms with van der Waals surface area (Å²) in [5.41, 5.74) is 0.116. The summed E-state index contributed by atoms with van der Waals surface area (Å²) in [5.74, 6) is 1.68. The number of hydrogen-bond acceptors (Lipinski definition) is 0. The van der Waals surface area contributed by atoms with Crippen molar-refractivity contribution in [2.75, 3.05) is 0 Å². The SMILES string of the molecule is CC(C)[C@@H](C)[C@]1(C)C(C2CC2)=CC1(C)F. The van der Waals surface area contributed by atoms with Gasteiger partial charge in [0.25, 0.3) is 0 Å². The largest absolute Gasteiger partial charge is 0.239 e. The van der Waals surface area contributed by atoms with Gasteiger partial charge in [0.15, 0.2) is 0 Å². The van der Waals surface area contributed by atoms with E-state index in [1.807, 2.05) is 6.08 Å². The summed E-state index contributed by atoms with van der Waals surface area (Å²) in [6, 6.07) is 0. The Morgan fingerprint density at radius 3 is 2.13 bits per heavy atom. The minimum Gasteiger partial charge on any atom is -0.239 e. The molecule has 0 amide bonds. The highest BCUT2D eigenvalue weighted by atomic mass is 19.1. The second kappa shape index (κ2) is 3.09. The first-order chi connectivity index (χ1) is 6.80. The number of alkyl halides is 1. The molecule has 0 nitrogen and oxygen atoms in total. The smallest absolute Gasteiger partial charge is 0.135 e. The molecule has 1 unspecified atom stereocenters. The lowest BCUT2D eigenvalue weighted by Gasteiger charge is -2.54. The molecule has 0 aromatic carbocycles. The van der Waals surface area contributed by atoms with Crippen molar-refractivity contribution in [3.05, 3.63) is 11.6 Å². The predicted octanol–water partition coefficient (Wildman–Crippen LogP) is 4.36. The van der Waals surface area contributed by atoms with E-state index in [0.29, 0.717) is 17.8 Å². The van der Waals surface area contributed by atoms with Gasteiger partial charge >= 0.3 is 0 Å². The minimum absolute atomic E-state index is 0.206. The van der Waals surface area contributed by atoms with Crippen molar-refractivity contribution in [3.8, 4) is 0 Å². The Kier molecular flexibility index (Phi) is 2.30. The molecule has 3 atom stereocenters. The molecule has 0 saturated heterocycles. The summed E-state index contributed by atoms with van der Waals surface area (Å²) in [6.45, 7) is 10.5. The van der Waals surface area contributed by atoms with Crippen LogP contribution in [0.2, 0.25) is 0 Å². The molecule has 0 aromatic rings. The molecule has 1 fully saturated rings. The van der Waals surface area contributed by atoms with Crippen LogP contribution in [0, 0.1) is 23.2 Å². The van der Waals surface area contributed by atoms with Crippen LogP contribution in [0.1, 0.15) is 47.5 Å². The van der Waals surface area contributed by atoms with Crippen molar-refractivity contribution in [1.29, 1.82) is 0 Å². The monoisotopic (exact) mass is 210 g/mol. The summed E-state index contributed by atoms with van der Waals surface area (Å²) in [5, 5.41) is 0. The molecule has 2 aliphatic carbocycles. The molecule has 86 valence electrons. The van der Waals surface area contributed by atoms with Gasteiger partial charge in [0.05, 0.1) is 0 Å². The molecular weight excluding hydrogens is 187 g/mol. The third-order valence-corrected chi connectivity index (χ3v) is 4.97. The van der Waals surface area contributed by atoms with Crippen molar-refractivity contribution >= 4 is 0 Å². The Bertz CT molecular complexity index is 296. The van der Waals surface area contributed by atoms with Crippen LogP contribution >= 0.6 is 0 Å². The van der Waals surface area contributed by atoms with Crippen LogP contribution < -0.4 is 0 Å². The Balaban J connectivity index is 2.29. The summed E-state index contributed by atoms with van der Waals surface area (Å²) in [6.07, 6.45) is 4.45. The molecule has 0 aromatic heterocycles. The lowest BCUT2D eigenvalue weighted by atomic mass is 9.52. The highest BCUT2D eigenvalue weighted by Crippen LogP contribution is 2.63. The molecule has 0 N–H and O–H groups in total. The fourth-order valence-electron chi connectivity index (χ4n) is 3.11. The van der Waals surface area contributed by atoms with Crippen molar-refractivity contribution in [2.45, 2.75) is 53.1 Å². The van der Waals surface area contributed by atoms with Crippen LogP contribution in [-0.4, -0.2) is 5.67 Å². The van der Waals surface area contributed by atoms with Gasteiger partial charge in [-0.1, -0.05) is 33.3 Å². The zero-order valence-corrected chi connectivity index (χ0v) is 10.6. The Hall–Kier alpha value is -0.330. The third-order valence-electron chi connectivity index (χ3n) is 4.97. The topological polar surface area (TPSA) is 0 Å². The zero-order valence-electron chi connectivity index (χ0n) is 10.6. The molecule has 1 saturated carbocycles. The molecule has 0 bridgehead atoms. The first-order valence-electron chi connectivity index (χ1n) is 6.23. The second-order valence-electron chi connectivity index (χ2n) is 6.18. The van der Waals surface area contributed by atoms with Crippen molar-refractivity contribution in [1.82, 2.24) is 0 Å². The van der Waals surface area contributed by atoms with Gasteiger partial charge in [0, 0.05) is 5.41 Å². The van der Waals surface area contributed by atoms with E-state index in [0.717, 1.165) is 0 Å². The molecule has 0 spiro atoms. The fourth-order valence-corrected chi connectivity index (χ4v) is 3.11. The number of rotatable bonds is 3. The van der Waals surface area contributed by atoms with Gasteiger partial charge < -0.3 is 0 Å². The van der Waals surface area contributed by atoms with E-state index in [1.165, 1.54) is 18.4 Å². The van der Waals surface area contributed by atoms with Crippen molar-refractivity contribution in [2.24, 2.45) is 23.2 Å². The maximum absolute atomic E-state index is 14.4. The highest BCUT2D eigenvalue weighted by molar-refractivity contribution is 5.41. The summed E-state index contributed by atoms with van der Waals surface area (Å²) in [7, 11) is 0. The molecule has 0 aliphatic heterocycles. The Labute approximate surface area is 92.9 Å². The molecule has 0 heterocycles. The molecular formula is C14H23F. The van der Waals surface area contributed by atoms with E-state index < -0.39 is 5.67 Å². The van der Waals surface area contributed by atoms with E-state index in [4.69, 9.17) is 0 Å². The van der Waals surface area contributed by atoms with E-state index in [1.54, 1.807) is 6.92 Å². The van der Waals surface area contributed by atoms with Crippen LogP contribution in [0.3, 0.4) is 0 Å². The minimum atomic E-state index is -1.09. The lowest BCUT2D eigenvalue weighted by Crippen LogP contribution is -2.54. The summed E-state index contributed by atoms with van der Waals surface area (Å²) >= 11 is 0. The lowest BCUT2D eigenvalue weighted by molar-refractivity contribution is -0.00791. The molecule has 0 radical (unpaired) electrons. The summed E-state index contributed by atoms with van der Waals surface area (Å²) in [4.78, 5) is 0. The molecule has 1 heteroatoms. The van der Waals surface area contributed by atoms with E-state index in [2.05, 4.69) is 27.7 Å². The predicted molar refractivity (Wildman–Crippen MR) is 62.4 cm³/mol. The van der Waals surface area contributed by atoms with Crippen LogP contribution in [0.5, 0.6) is 0 Å². The average Bonchev–Trinajstić information content (AvgIpc) is 2.95. The molecule has 15 heavy (non-hydrogen) atoms. The van der Waals surface area contributed by atoms with Gasteiger partial charge in [-0.2, -0.15) is 0 Å². The number of hydrogen-bond donors (Lipinski definition) is 0. The second-order valence-corrected chi connectivity index (χ2v) is 6.18.